The van der Waals surface area contributed by atoms with Gasteiger partial charge in [-0.2, -0.15) is 0 Å². The molecular formula is C17H26BrClIN3O2. The maximum atomic E-state index is 9.32. The summed E-state index contributed by atoms with van der Waals surface area (Å²) in [4.78, 5) is 4.62. The van der Waals surface area contributed by atoms with Crippen molar-refractivity contribution >= 4 is 57.5 Å². The molecule has 1 aliphatic rings. The third kappa shape index (κ3) is 7.21. The predicted octanol–water partition coefficient (Wildman–Crippen LogP) is 3.56. The first-order chi connectivity index (χ1) is 11.6. The van der Waals surface area contributed by atoms with Crippen molar-refractivity contribution in [1.82, 2.24) is 10.6 Å². The van der Waals surface area contributed by atoms with Crippen LogP contribution in [0.25, 0.3) is 0 Å². The lowest BCUT2D eigenvalue weighted by Gasteiger charge is -2.27. The maximum Gasteiger partial charge on any atom is 0.191 e. The minimum absolute atomic E-state index is 0. The molecule has 1 heterocycles. The Bertz CT molecular complexity index is 569. The summed E-state index contributed by atoms with van der Waals surface area (Å²) in [6.45, 7) is 5.66. The Labute approximate surface area is 180 Å². The first kappa shape index (κ1) is 23.0. The third-order valence-electron chi connectivity index (χ3n) is 4.22. The number of guanidine groups is 1. The summed E-state index contributed by atoms with van der Waals surface area (Å²) in [6, 6.07) is 5.81. The van der Waals surface area contributed by atoms with E-state index in [1.807, 2.05) is 25.1 Å². The van der Waals surface area contributed by atoms with Crippen LogP contribution < -0.4 is 10.6 Å². The van der Waals surface area contributed by atoms with Gasteiger partial charge in [-0.25, -0.2) is 4.99 Å². The van der Waals surface area contributed by atoms with Crippen LogP contribution in [0.2, 0.25) is 5.02 Å². The normalized spacial score (nSPS) is 20.2. The fourth-order valence-corrected chi connectivity index (χ4v) is 3.47. The zero-order valence-corrected chi connectivity index (χ0v) is 19.0. The van der Waals surface area contributed by atoms with Crippen molar-refractivity contribution in [2.75, 3.05) is 32.9 Å². The molecule has 0 aromatic heterocycles. The van der Waals surface area contributed by atoms with E-state index in [2.05, 4.69) is 31.6 Å². The largest absolute Gasteiger partial charge is 0.396 e. The van der Waals surface area contributed by atoms with Crippen molar-refractivity contribution in [2.45, 2.75) is 26.3 Å². The lowest BCUT2D eigenvalue weighted by atomic mass is 9.84. The first-order valence-electron chi connectivity index (χ1n) is 8.23. The fourth-order valence-electron chi connectivity index (χ4n) is 2.74. The molecule has 1 fully saturated rings. The smallest absolute Gasteiger partial charge is 0.191 e. The molecular weight excluding hydrogens is 520 g/mol. The van der Waals surface area contributed by atoms with Gasteiger partial charge < -0.3 is 20.5 Å². The fraction of sp³-hybridized carbons (Fsp3) is 0.588. The number of hydrogen-bond acceptors (Lipinski definition) is 3. The van der Waals surface area contributed by atoms with Gasteiger partial charge in [0.2, 0.25) is 0 Å². The highest BCUT2D eigenvalue weighted by atomic mass is 127. The number of benzene rings is 1. The summed E-state index contributed by atoms with van der Waals surface area (Å²) < 4.78 is 6.48. The topological polar surface area (TPSA) is 65.9 Å². The van der Waals surface area contributed by atoms with E-state index in [4.69, 9.17) is 16.3 Å². The Morgan fingerprint density at radius 1 is 1.44 bits per heavy atom. The number of rotatable bonds is 7. The molecule has 0 bridgehead atoms. The summed E-state index contributed by atoms with van der Waals surface area (Å²) in [7, 11) is 0. The van der Waals surface area contributed by atoms with Crippen LogP contribution in [0, 0.1) is 5.41 Å². The lowest BCUT2D eigenvalue weighted by molar-refractivity contribution is 0.127. The van der Waals surface area contributed by atoms with Crippen molar-refractivity contribution < 1.29 is 9.84 Å². The SMILES string of the molecule is CCNC(=NCc1ccc(Br)cc1Cl)NCC1(CCO)CCOC1.I. The molecule has 8 heteroatoms. The van der Waals surface area contributed by atoms with Gasteiger partial charge in [0.15, 0.2) is 5.96 Å². The highest BCUT2D eigenvalue weighted by Gasteiger charge is 2.34. The van der Waals surface area contributed by atoms with Gasteiger partial charge in [0.05, 0.1) is 13.2 Å². The monoisotopic (exact) mass is 545 g/mol. The van der Waals surface area contributed by atoms with E-state index in [9.17, 15) is 5.11 Å². The molecule has 1 aliphatic heterocycles. The van der Waals surface area contributed by atoms with Crippen LogP contribution in [0.15, 0.2) is 27.7 Å². The van der Waals surface area contributed by atoms with E-state index in [1.165, 1.54) is 0 Å². The summed E-state index contributed by atoms with van der Waals surface area (Å²) in [5.41, 5.74) is 0.964. The number of nitrogens with zero attached hydrogens (tertiary/aromatic N) is 1. The molecule has 3 N–H and O–H groups in total. The number of nitrogens with one attached hydrogen (secondary N) is 2. The van der Waals surface area contributed by atoms with Gasteiger partial charge in [0, 0.05) is 41.2 Å². The Morgan fingerprint density at radius 2 is 2.24 bits per heavy atom. The number of aliphatic imine (C=N–C) groups is 1. The van der Waals surface area contributed by atoms with Crippen LogP contribution >= 0.6 is 51.5 Å². The first-order valence-corrected chi connectivity index (χ1v) is 9.40. The number of hydrogen-bond donors (Lipinski definition) is 3. The van der Waals surface area contributed by atoms with E-state index in [0.717, 1.165) is 48.5 Å². The maximum absolute atomic E-state index is 9.32. The highest BCUT2D eigenvalue weighted by Crippen LogP contribution is 2.31. The summed E-state index contributed by atoms with van der Waals surface area (Å²) in [5, 5.41) is 16.7. The highest BCUT2D eigenvalue weighted by molar-refractivity contribution is 14.0. The standard InChI is InChI=1S/C17H25BrClN3O2.HI/c1-2-20-16(21-10-13-3-4-14(18)9-15(13)19)22-11-17(5-7-23)6-8-24-12-17;/h3-4,9,23H,2,5-8,10-12H2,1H3,(H2,20,21,22);1H. The molecule has 0 radical (unpaired) electrons. The van der Waals surface area contributed by atoms with Gasteiger partial charge in [-0.3, -0.25) is 0 Å². The zero-order chi connectivity index (χ0) is 17.4. The number of halogens is 3. The molecule has 0 spiro atoms. The molecule has 0 saturated carbocycles. The van der Waals surface area contributed by atoms with Crippen LogP contribution in [-0.2, 0) is 11.3 Å². The van der Waals surface area contributed by atoms with E-state index >= 15 is 0 Å². The van der Waals surface area contributed by atoms with E-state index in [1.54, 1.807) is 0 Å². The Balaban J connectivity index is 0.00000312. The molecule has 25 heavy (non-hydrogen) atoms. The number of ether oxygens (including phenoxy) is 1. The molecule has 1 unspecified atom stereocenters. The van der Waals surface area contributed by atoms with Gasteiger partial charge in [-0.1, -0.05) is 33.6 Å². The van der Waals surface area contributed by atoms with Crippen LogP contribution in [0.3, 0.4) is 0 Å². The lowest BCUT2D eigenvalue weighted by Crippen LogP contribution is -2.44. The number of aliphatic hydroxyl groups excluding tert-OH is 1. The molecule has 1 atom stereocenters. The van der Waals surface area contributed by atoms with Crippen molar-refractivity contribution in [3.63, 3.8) is 0 Å². The summed E-state index contributed by atoms with van der Waals surface area (Å²) >= 11 is 9.66. The molecule has 0 amide bonds. The third-order valence-corrected chi connectivity index (χ3v) is 5.07. The average Bonchev–Trinajstić information content (AvgIpc) is 3.01. The van der Waals surface area contributed by atoms with Gasteiger partial charge in [0.25, 0.3) is 0 Å². The van der Waals surface area contributed by atoms with Gasteiger partial charge in [-0.15, -0.1) is 24.0 Å². The van der Waals surface area contributed by atoms with Crippen molar-refractivity contribution in [2.24, 2.45) is 10.4 Å². The van der Waals surface area contributed by atoms with Crippen LogP contribution in [0.5, 0.6) is 0 Å². The summed E-state index contributed by atoms with van der Waals surface area (Å²) in [5.74, 6) is 0.751. The molecule has 5 nitrogen and oxygen atoms in total. The van der Waals surface area contributed by atoms with E-state index in [-0.39, 0.29) is 36.0 Å². The Hall–Kier alpha value is -0.0900. The van der Waals surface area contributed by atoms with Crippen LogP contribution in [0.4, 0.5) is 0 Å². The second-order valence-electron chi connectivity index (χ2n) is 6.06. The Morgan fingerprint density at radius 3 is 2.84 bits per heavy atom. The molecule has 1 saturated heterocycles. The minimum Gasteiger partial charge on any atom is -0.396 e. The minimum atomic E-state index is -0.0137. The van der Waals surface area contributed by atoms with Gasteiger partial charge in [-0.05, 0) is 37.5 Å². The summed E-state index contributed by atoms with van der Waals surface area (Å²) in [6.07, 6.45) is 1.69. The Kier molecular flexibility index (Phi) is 10.6. The number of aliphatic hydroxyl groups is 1. The molecule has 2 rings (SSSR count). The van der Waals surface area contributed by atoms with Crippen molar-refractivity contribution in [3.05, 3.63) is 33.3 Å². The van der Waals surface area contributed by atoms with Crippen molar-refractivity contribution in [3.8, 4) is 0 Å². The molecule has 1 aromatic rings. The second kappa shape index (κ2) is 11.6. The predicted molar refractivity (Wildman–Crippen MR) is 117 cm³/mol. The van der Waals surface area contributed by atoms with Crippen LogP contribution in [-0.4, -0.2) is 44.0 Å². The van der Waals surface area contributed by atoms with Gasteiger partial charge >= 0.3 is 0 Å². The molecule has 1 aromatic carbocycles. The second-order valence-corrected chi connectivity index (χ2v) is 7.38. The van der Waals surface area contributed by atoms with E-state index in [0.29, 0.717) is 18.2 Å². The van der Waals surface area contributed by atoms with E-state index < -0.39 is 0 Å². The van der Waals surface area contributed by atoms with Crippen molar-refractivity contribution in [1.29, 1.82) is 0 Å². The quantitative estimate of drug-likeness (QED) is 0.278. The average molecular weight is 547 g/mol. The van der Waals surface area contributed by atoms with Gasteiger partial charge in [0.1, 0.15) is 0 Å². The molecule has 142 valence electrons. The zero-order valence-electron chi connectivity index (χ0n) is 14.4. The van der Waals surface area contributed by atoms with Crippen LogP contribution in [0.1, 0.15) is 25.3 Å². The molecule has 0 aliphatic carbocycles.